The Bertz CT molecular complexity index is 226. The van der Waals surface area contributed by atoms with Crippen LogP contribution in [0.15, 0.2) is 9.11 Å². The van der Waals surface area contributed by atoms with E-state index in [1.165, 1.54) is 0 Å². The van der Waals surface area contributed by atoms with Gasteiger partial charge in [0.1, 0.15) is 0 Å². The molecule has 0 rings (SSSR count). The van der Waals surface area contributed by atoms with Crippen LogP contribution in [-0.2, 0) is 0 Å². The molecular formula is C14H31BPb. The van der Waals surface area contributed by atoms with E-state index >= 15 is 0 Å². The van der Waals surface area contributed by atoms with Crippen LogP contribution >= 0.6 is 0 Å². The number of allylic oxidation sites excluding steroid dienone is 1. The van der Waals surface area contributed by atoms with Crippen LogP contribution in [0.1, 0.15) is 41.5 Å². The number of hydrogen-bond donors (Lipinski definition) is 0. The maximum atomic E-state index is 2.72. The molecule has 0 nitrogen and oxygen atoms in total. The van der Waals surface area contributed by atoms with Crippen molar-refractivity contribution in [3.8, 4) is 0 Å². The Morgan fingerprint density at radius 2 is 1.25 bits per heavy atom. The molecule has 16 heavy (non-hydrogen) atoms. The van der Waals surface area contributed by atoms with Gasteiger partial charge in [-0.2, -0.15) is 0 Å². The Morgan fingerprint density at radius 1 is 0.875 bits per heavy atom. The fourth-order valence-corrected chi connectivity index (χ4v) is 8.62. The van der Waals surface area contributed by atoms with E-state index in [0.717, 1.165) is 18.3 Å². The second-order valence-corrected chi connectivity index (χ2v) is 26.7. The SMILES string of the molecule is CC(C)B(/C(=[CH]\[Pb]([CH3])([CH3])[CH3])C(C)C)C(C)C. The Morgan fingerprint density at radius 3 is 1.44 bits per heavy atom. The molecule has 2 heteroatoms. The average molecular weight is 417 g/mol. The third-order valence-electron chi connectivity index (χ3n) is 3.09. The molecule has 0 bridgehead atoms. The maximum absolute atomic E-state index is 2.72. The molecule has 0 atom stereocenters. The Hall–Kier alpha value is 0.727. The van der Waals surface area contributed by atoms with Crippen LogP contribution in [-0.4, -0.2) is 27.9 Å². The summed E-state index contributed by atoms with van der Waals surface area (Å²) in [5, 5.41) is 0. The van der Waals surface area contributed by atoms with Crippen LogP contribution in [0.2, 0.25) is 25.1 Å². The second-order valence-electron chi connectivity index (χ2n) is 7.18. The normalized spacial score (nSPS) is 14.1. The van der Waals surface area contributed by atoms with Crippen LogP contribution in [0.3, 0.4) is 0 Å². The van der Waals surface area contributed by atoms with Crippen molar-refractivity contribution in [3.63, 3.8) is 0 Å². The molecule has 0 heterocycles. The molecular weight excluding hydrogens is 386 g/mol. The van der Waals surface area contributed by atoms with Gasteiger partial charge in [-0.25, -0.2) is 0 Å². The first-order valence-corrected chi connectivity index (χ1v) is 20.7. The van der Waals surface area contributed by atoms with E-state index in [1.54, 1.807) is 5.47 Å². The summed E-state index contributed by atoms with van der Waals surface area (Å²) in [6.45, 7) is 15.0. The van der Waals surface area contributed by atoms with Crippen molar-refractivity contribution in [2.24, 2.45) is 5.92 Å². The third kappa shape index (κ3) is 5.88. The van der Waals surface area contributed by atoms with Crippen molar-refractivity contribution >= 4 is 27.9 Å². The minimum atomic E-state index is -1.94. The second kappa shape index (κ2) is 6.60. The minimum absolute atomic E-state index is 0.717. The van der Waals surface area contributed by atoms with E-state index in [2.05, 4.69) is 58.6 Å². The van der Waals surface area contributed by atoms with E-state index in [9.17, 15) is 0 Å². The van der Waals surface area contributed by atoms with Gasteiger partial charge in [-0.1, -0.05) is 0 Å². The topological polar surface area (TPSA) is 0 Å². The molecule has 0 aliphatic heterocycles. The summed E-state index contributed by atoms with van der Waals surface area (Å²) >= 11 is -1.94. The zero-order valence-corrected chi connectivity index (χ0v) is 16.8. The monoisotopic (exact) mass is 418 g/mol. The Kier molecular flexibility index (Phi) is 6.90. The fourth-order valence-electron chi connectivity index (χ4n) is 2.69. The first kappa shape index (κ1) is 16.7. The van der Waals surface area contributed by atoms with E-state index in [4.69, 9.17) is 0 Å². The van der Waals surface area contributed by atoms with E-state index < -0.39 is 21.2 Å². The van der Waals surface area contributed by atoms with Crippen LogP contribution in [0.4, 0.5) is 0 Å². The summed E-state index contributed by atoms with van der Waals surface area (Å²) in [7, 11) is 0. The summed E-state index contributed by atoms with van der Waals surface area (Å²) in [5.41, 5.74) is 1.75. The standard InChI is InChI=1S/C11H22B.3CH3.Pb/c1-8(2)11(7)12(9(3)4)10(5)6;;;;/h7-10H,1-6H3;3*1H3;. The van der Waals surface area contributed by atoms with Crippen molar-refractivity contribution in [1.29, 1.82) is 0 Å². The van der Waals surface area contributed by atoms with Crippen molar-refractivity contribution in [1.82, 2.24) is 0 Å². The number of hydrogen-bond acceptors (Lipinski definition) is 0. The molecule has 0 aromatic carbocycles. The molecule has 0 fully saturated rings. The average Bonchev–Trinajstić information content (AvgIpc) is 1.98. The zero-order chi connectivity index (χ0) is 13.1. The van der Waals surface area contributed by atoms with Crippen LogP contribution in [0.25, 0.3) is 0 Å². The quantitative estimate of drug-likeness (QED) is 0.533. The van der Waals surface area contributed by atoms with Gasteiger partial charge in [0.15, 0.2) is 0 Å². The van der Waals surface area contributed by atoms with Gasteiger partial charge in [-0.15, -0.1) is 0 Å². The predicted octanol–water partition coefficient (Wildman–Crippen LogP) is 5.30. The van der Waals surface area contributed by atoms with Gasteiger partial charge in [0.25, 0.3) is 0 Å². The molecule has 0 aromatic heterocycles. The Balaban J connectivity index is 5.25. The first-order valence-electron chi connectivity index (χ1n) is 6.79. The van der Waals surface area contributed by atoms with Gasteiger partial charge in [-0.3, -0.25) is 0 Å². The first-order chi connectivity index (χ1) is 7.06. The van der Waals surface area contributed by atoms with Gasteiger partial charge in [-0.05, 0) is 0 Å². The molecule has 0 amide bonds. The molecule has 0 spiro atoms. The molecule has 0 saturated heterocycles. The van der Waals surface area contributed by atoms with Crippen molar-refractivity contribution in [2.75, 3.05) is 0 Å². The molecule has 0 unspecified atom stereocenters. The van der Waals surface area contributed by atoms with E-state index in [1.807, 2.05) is 0 Å². The van der Waals surface area contributed by atoms with Gasteiger partial charge in [0.05, 0.1) is 0 Å². The van der Waals surface area contributed by atoms with E-state index in [-0.39, 0.29) is 0 Å². The van der Waals surface area contributed by atoms with Crippen molar-refractivity contribution in [2.45, 2.75) is 66.6 Å². The molecule has 0 radical (unpaired) electrons. The zero-order valence-electron chi connectivity index (χ0n) is 12.9. The van der Waals surface area contributed by atoms with Gasteiger partial charge < -0.3 is 0 Å². The van der Waals surface area contributed by atoms with Crippen LogP contribution in [0, 0.1) is 5.92 Å². The van der Waals surface area contributed by atoms with Gasteiger partial charge in [0.2, 0.25) is 0 Å². The Labute approximate surface area is 109 Å². The summed E-state index contributed by atoms with van der Waals surface area (Å²) < 4.78 is 10.3. The van der Waals surface area contributed by atoms with Crippen LogP contribution in [0.5, 0.6) is 0 Å². The molecule has 0 N–H and O–H groups in total. The van der Waals surface area contributed by atoms with Gasteiger partial charge in [0, 0.05) is 0 Å². The predicted molar refractivity (Wildman–Crippen MR) is 82.2 cm³/mol. The van der Waals surface area contributed by atoms with Crippen molar-refractivity contribution in [3.05, 3.63) is 9.11 Å². The molecule has 0 aliphatic carbocycles. The summed E-state index contributed by atoms with van der Waals surface area (Å²) in [4.78, 5) is 0. The van der Waals surface area contributed by atoms with Gasteiger partial charge >= 0.3 is 110 Å². The third-order valence-corrected chi connectivity index (χ3v) is 7.75. The summed E-state index contributed by atoms with van der Waals surface area (Å²) in [5.74, 6) is 2.25. The summed E-state index contributed by atoms with van der Waals surface area (Å²) in [6.07, 6.45) is 0. The molecule has 0 saturated carbocycles. The number of rotatable bonds is 5. The molecule has 0 aliphatic rings. The summed E-state index contributed by atoms with van der Waals surface area (Å²) in [6, 6.07) is 0. The van der Waals surface area contributed by atoms with E-state index in [0.29, 0.717) is 5.92 Å². The molecule has 94 valence electrons. The van der Waals surface area contributed by atoms with Crippen molar-refractivity contribution < 1.29 is 0 Å². The fraction of sp³-hybridized carbons (Fsp3) is 0.857. The van der Waals surface area contributed by atoms with Crippen LogP contribution < -0.4 is 0 Å². The molecule has 0 aromatic rings.